The van der Waals surface area contributed by atoms with Gasteiger partial charge in [0.15, 0.2) is 11.2 Å². The lowest BCUT2D eigenvalue weighted by atomic mass is 9.86. The maximum absolute atomic E-state index is 14.4. The van der Waals surface area contributed by atoms with Crippen molar-refractivity contribution in [1.29, 1.82) is 0 Å². The van der Waals surface area contributed by atoms with Gasteiger partial charge in [0, 0.05) is 33.5 Å². The Labute approximate surface area is 229 Å². The zero-order valence-electron chi connectivity index (χ0n) is 21.0. The number of hydrogen-bond donors (Lipinski definition) is 1. The van der Waals surface area contributed by atoms with Crippen molar-refractivity contribution in [2.45, 2.75) is 32.4 Å². The number of aryl methyl sites for hydroxylation is 1. The van der Waals surface area contributed by atoms with Gasteiger partial charge in [0.1, 0.15) is 11.6 Å². The van der Waals surface area contributed by atoms with Crippen molar-refractivity contribution < 1.29 is 14.3 Å². The molecule has 0 bridgehead atoms. The summed E-state index contributed by atoms with van der Waals surface area (Å²) >= 11 is 12.7. The Morgan fingerprint density at radius 3 is 2.53 bits per heavy atom. The number of imidazole rings is 1. The van der Waals surface area contributed by atoms with E-state index in [0.29, 0.717) is 49.8 Å². The molecular formula is C28H23Cl2N5O3. The van der Waals surface area contributed by atoms with Crippen LogP contribution in [0.5, 0.6) is 5.75 Å². The third-order valence-electron chi connectivity index (χ3n) is 7.12. The first-order valence-corrected chi connectivity index (χ1v) is 12.8. The summed E-state index contributed by atoms with van der Waals surface area (Å²) in [6.45, 7) is 5.85. The van der Waals surface area contributed by atoms with Crippen molar-refractivity contribution in [2.75, 3.05) is 17.3 Å². The molecule has 1 spiro atoms. The second-order valence-electron chi connectivity index (χ2n) is 9.60. The molecule has 4 aromatic rings. The average molecular weight is 548 g/mol. The van der Waals surface area contributed by atoms with Crippen LogP contribution < -0.4 is 15.0 Å². The SMILES string of the molecule is COc1cnccc1-c1nc2c(n1C(C)C)C1(C(=O)Nc3cc(Cl)ccc31)N(c1cc(Cl)ccc1C)C2=O. The molecule has 0 saturated heterocycles. The van der Waals surface area contributed by atoms with Gasteiger partial charge in [0.05, 0.1) is 30.3 Å². The quantitative estimate of drug-likeness (QED) is 0.338. The fraction of sp³-hybridized carbons (Fsp3) is 0.214. The Morgan fingerprint density at radius 1 is 1.05 bits per heavy atom. The summed E-state index contributed by atoms with van der Waals surface area (Å²) in [5.74, 6) is 0.230. The molecule has 8 nitrogen and oxygen atoms in total. The monoisotopic (exact) mass is 547 g/mol. The number of hydrogen-bond acceptors (Lipinski definition) is 5. The summed E-state index contributed by atoms with van der Waals surface area (Å²) in [6, 6.07) is 12.1. The van der Waals surface area contributed by atoms with E-state index < -0.39 is 11.4 Å². The minimum atomic E-state index is -1.54. The van der Waals surface area contributed by atoms with Crippen LogP contribution in [-0.2, 0) is 10.3 Å². The number of halogens is 2. The fourth-order valence-electron chi connectivity index (χ4n) is 5.55. The fourth-order valence-corrected chi connectivity index (χ4v) is 5.89. The molecule has 0 fully saturated rings. The van der Waals surface area contributed by atoms with Crippen molar-refractivity contribution in [3.63, 3.8) is 0 Å². The van der Waals surface area contributed by atoms with Crippen LogP contribution in [0.3, 0.4) is 0 Å². The Hall–Kier alpha value is -3.88. The molecule has 0 aliphatic carbocycles. The second-order valence-corrected chi connectivity index (χ2v) is 10.5. The van der Waals surface area contributed by atoms with Gasteiger partial charge in [0.25, 0.3) is 11.8 Å². The Morgan fingerprint density at radius 2 is 1.79 bits per heavy atom. The number of aromatic nitrogens is 3. The van der Waals surface area contributed by atoms with E-state index in [1.54, 1.807) is 55.9 Å². The van der Waals surface area contributed by atoms with E-state index in [9.17, 15) is 9.59 Å². The van der Waals surface area contributed by atoms with E-state index in [4.69, 9.17) is 32.9 Å². The van der Waals surface area contributed by atoms with Crippen molar-refractivity contribution in [3.8, 4) is 17.1 Å². The van der Waals surface area contributed by atoms with Crippen molar-refractivity contribution in [3.05, 3.63) is 87.4 Å². The molecular weight excluding hydrogens is 525 g/mol. The molecule has 2 aliphatic heterocycles. The number of fused-ring (bicyclic) bond motifs is 4. The van der Waals surface area contributed by atoms with Crippen LogP contribution in [0.25, 0.3) is 11.4 Å². The number of benzene rings is 2. The summed E-state index contributed by atoms with van der Waals surface area (Å²) in [6.07, 6.45) is 3.24. The number of carbonyl (C=O) groups is 2. The number of pyridine rings is 1. The van der Waals surface area contributed by atoms with Gasteiger partial charge in [-0.1, -0.05) is 35.3 Å². The molecule has 1 unspecified atom stereocenters. The minimum absolute atomic E-state index is 0.173. The first kappa shape index (κ1) is 24.5. The normalized spacial score (nSPS) is 17.8. The molecule has 2 aliphatic rings. The number of carbonyl (C=O) groups excluding carboxylic acids is 2. The molecule has 1 atom stereocenters. The second kappa shape index (κ2) is 8.58. The highest BCUT2D eigenvalue weighted by Gasteiger charge is 2.64. The summed E-state index contributed by atoms with van der Waals surface area (Å²) < 4.78 is 7.51. The number of nitrogens with one attached hydrogen (secondary N) is 1. The summed E-state index contributed by atoms with van der Waals surface area (Å²) in [5, 5.41) is 3.89. The molecule has 192 valence electrons. The smallest absolute Gasteiger partial charge is 0.280 e. The Kier molecular flexibility index (Phi) is 5.52. The van der Waals surface area contributed by atoms with Crippen LogP contribution in [-0.4, -0.2) is 33.5 Å². The third kappa shape index (κ3) is 3.17. The predicted molar refractivity (Wildman–Crippen MR) is 146 cm³/mol. The zero-order valence-corrected chi connectivity index (χ0v) is 22.6. The Balaban J connectivity index is 1.75. The third-order valence-corrected chi connectivity index (χ3v) is 7.59. The maximum atomic E-state index is 14.4. The van der Waals surface area contributed by atoms with Gasteiger partial charge in [-0.15, -0.1) is 0 Å². The van der Waals surface area contributed by atoms with Crippen LogP contribution in [0.1, 0.15) is 47.2 Å². The summed E-state index contributed by atoms with van der Waals surface area (Å²) in [5.41, 5.74) is 2.23. The number of methoxy groups -OCH3 is 1. The molecule has 2 aromatic heterocycles. The van der Waals surface area contributed by atoms with Gasteiger partial charge >= 0.3 is 0 Å². The van der Waals surface area contributed by atoms with Crippen molar-refractivity contribution in [1.82, 2.24) is 14.5 Å². The van der Waals surface area contributed by atoms with E-state index in [-0.39, 0.29) is 17.6 Å². The lowest BCUT2D eigenvalue weighted by Crippen LogP contribution is -2.51. The van der Waals surface area contributed by atoms with Crippen LogP contribution in [0.15, 0.2) is 54.9 Å². The standard InChI is InChI=1S/C28H23Cl2N5O3/c1-14(2)34-24-23(33-25(34)18-9-10-31-13-22(18)38-4)26(36)35(21-12-17(30)6-5-15(21)3)28(24)19-8-7-16(29)11-20(19)32-27(28)37/h5-14H,1-4H3,(H,32,37). The molecule has 0 saturated carbocycles. The van der Waals surface area contributed by atoms with Gasteiger partial charge in [-0.25, -0.2) is 4.98 Å². The van der Waals surface area contributed by atoms with Gasteiger partial charge < -0.3 is 14.6 Å². The number of amides is 2. The summed E-state index contributed by atoms with van der Waals surface area (Å²) in [4.78, 5) is 39.2. The topological polar surface area (TPSA) is 89.3 Å². The molecule has 4 heterocycles. The van der Waals surface area contributed by atoms with Gasteiger partial charge in [-0.05, 0) is 56.7 Å². The number of rotatable bonds is 4. The van der Waals surface area contributed by atoms with Crippen LogP contribution in [0.2, 0.25) is 10.0 Å². The van der Waals surface area contributed by atoms with E-state index in [0.717, 1.165) is 5.56 Å². The van der Waals surface area contributed by atoms with Gasteiger partial charge in [0.2, 0.25) is 0 Å². The first-order chi connectivity index (χ1) is 18.2. The average Bonchev–Trinajstić information content (AvgIpc) is 3.49. The molecule has 0 radical (unpaired) electrons. The highest BCUT2D eigenvalue weighted by atomic mass is 35.5. The lowest BCUT2D eigenvalue weighted by molar-refractivity contribution is -0.119. The largest absolute Gasteiger partial charge is 0.494 e. The highest BCUT2D eigenvalue weighted by Crippen LogP contribution is 2.55. The molecule has 38 heavy (non-hydrogen) atoms. The first-order valence-electron chi connectivity index (χ1n) is 12.0. The summed E-state index contributed by atoms with van der Waals surface area (Å²) in [7, 11) is 1.55. The Bertz CT molecular complexity index is 1660. The number of ether oxygens (including phenoxy) is 1. The molecule has 10 heteroatoms. The van der Waals surface area contributed by atoms with Crippen LogP contribution in [0.4, 0.5) is 11.4 Å². The minimum Gasteiger partial charge on any atom is -0.494 e. The molecule has 1 N–H and O–H groups in total. The lowest BCUT2D eigenvalue weighted by Gasteiger charge is -2.36. The highest BCUT2D eigenvalue weighted by molar-refractivity contribution is 6.32. The van der Waals surface area contributed by atoms with E-state index in [2.05, 4.69) is 10.3 Å². The number of nitrogens with zero attached hydrogens (tertiary/aromatic N) is 4. The van der Waals surface area contributed by atoms with Crippen molar-refractivity contribution >= 4 is 46.4 Å². The van der Waals surface area contributed by atoms with Gasteiger partial charge in [-0.3, -0.25) is 19.5 Å². The molecule has 2 amide bonds. The number of anilines is 2. The van der Waals surface area contributed by atoms with Crippen LogP contribution in [0, 0.1) is 6.92 Å². The van der Waals surface area contributed by atoms with E-state index in [1.807, 2.05) is 31.4 Å². The van der Waals surface area contributed by atoms with Gasteiger partial charge in [-0.2, -0.15) is 0 Å². The maximum Gasteiger partial charge on any atom is 0.280 e. The van der Waals surface area contributed by atoms with Crippen LogP contribution >= 0.6 is 23.2 Å². The predicted octanol–water partition coefficient (Wildman–Crippen LogP) is 6.01. The van der Waals surface area contributed by atoms with E-state index >= 15 is 0 Å². The van der Waals surface area contributed by atoms with E-state index in [1.165, 1.54) is 4.90 Å². The van der Waals surface area contributed by atoms with Crippen molar-refractivity contribution in [2.24, 2.45) is 0 Å². The zero-order chi connectivity index (χ0) is 26.9. The molecule has 2 aromatic carbocycles. The molecule has 6 rings (SSSR count).